The van der Waals surface area contributed by atoms with Gasteiger partial charge in [0.1, 0.15) is 22.3 Å². The summed E-state index contributed by atoms with van der Waals surface area (Å²) in [5.41, 5.74) is 0.621. The quantitative estimate of drug-likeness (QED) is 0.681. The molecule has 150 valence electrons. The minimum absolute atomic E-state index is 0.0306. The summed E-state index contributed by atoms with van der Waals surface area (Å²) in [7, 11) is -4.20. The van der Waals surface area contributed by atoms with Gasteiger partial charge >= 0.3 is 0 Å². The van der Waals surface area contributed by atoms with Gasteiger partial charge in [-0.2, -0.15) is 4.31 Å². The van der Waals surface area contributed by atoms with Crippen LogP contribution in [0.3, 0.4) is 0 Å². The van der Waals surface area contributed by atoms with Crippen molar-refractivity contribution < 1.29 is 26.4 Å². The van der Waals surface area contributed by atoms with Crippen LogP contribution in [0.15, 0.2) is 45.8 Å². The molecule has 0 unspecified atom stereocenters. The number of benzene rings is 2. The number of carbonyl (C=O) groups is 1. The number of halogens is 4. The second-order valence-electron chi connectivity index (χ2n) is 6.28. The number of hydrogen-bond donors (Lipinski definition) is 0. The molecule has 0 N–H and O–H groups in total. The number of hydrogen-bond acceptors (Lipinski definition) is 3. The Hall–Kier alpha value is -1.91. The minimum Gasteiger partial charge on any atom is -0.340 e. The molecule has 0 aromatic heterocycles. The van der Waals surface area contributed by atoms with Crippen LogP contribution in [-0.4, -0.2) is 49.7 Å². The van der Waals surface area contributed by atoms with Crippen molar-refractivity contribution >= 4 is 31.9 Å². The van der Waals surface area contributed by atoms with Crippen LogP contribution in [-0.2, 0) is 21.2 Å². The Balaban J connectivity index is 1.65. The molecule has 10 heteroatoms. The fourth-order valence-corrected chi connectivity index (χ4v) is 4.85. The van der Waals surface area contributed by atoms with E-state index in [2.05, 4.69) is 15.9 Å². The zero-order valence-corrected chi connectivity index (χ0v) is 16.9. The fourth-order valence-electron chi connectivity index (χ4n) is 2.93. The monoisotopic (exact) mass is 476 g/mol. The van der Waals surface area contributed by atoms with Crippen LogP contribution >= 0.6 is 15.9 Å². The van der Waals surface area contributed by atoms with Gasteiger partial charge in [0, 0.05) is 26.2 Å². The molecule has 5 nitrogen and oxygen atoms in total. The van der Waals surface area contributed by atoms with Crippen molar-refractivity contribution in [2.45, 2.75) is 11.3 Å². The molecule has 2 aromatic carbocycles. The highest BCUT2D eigenvalue weighted by atomic mass is 79.9. The Bertz CT molecular complexity index is 1010. The Labute approximate surface area is 168 Å². The molecule has 1 fully saturated rings. The van der Waals surface area contributed by atoms with E-state index in [1.807, 2.05) is 0 Å². The molecule has 2 aromatic rings. The second kappa shape index (κ2) is 8.22. The Kier molecular flexibility index (Phi) is 6.11. The molecule has 1 aliphatic heterocycles. The number of nitrogens with zero attached hydrogens (tertiary/aromatic N) is 2. The molecule has 1 saturated heterocycles. The predicted octanol–water partition coefficient (Wildman–Crippen LogP) is 2.94. The average molecular weight is 477 g/mol. The first kappa shape index (κ1) is 20.8. The van der Waals surface area contributed by atoms with Gasteiger partial charge in [-0.1, -0.05) is 6.07 Å². The summed E-state index contributed by atoms with van der Waals surface area (Å²) >= 11 is 3.06. The maximum absolute atomic E-state index is 13.9. The van der Waals surface area contributed by atoms with Crippen molar-refractivity contribution in [2.24, 2.45) is 0 Å². The number of piperazine rings is 1. The summed E-state index contributed by atoms with van der Waals surface area (Å²) in [6, 6.07) is 6.53. The summed E-state index contributed by atoms with van der Waals surface area (Å²) in [6.45, 7) is 0.184. The number of amides is 1. The van der Waals surface area contributed by atoms with E-state index >= 15 is 0 Å². The van der Waals surface area contributed by atoms with E-state index in [4.69, 9.17) is 0 Å². The van der Waals surface area contributed by atoms with Gasteiger partial charge in [0.2, 0.25) is 15.9 Å². The van der Waals surface area contributed by atoms with Gasteiger partial charge in [-0.25, -0.2) is 21.6 Å². The normalized spacial score (nSPS) is 15.6. The molecule has 0 spiro atoms. The van der Waals surface area contributed by atoms with Gasteiger partial charge < -0.3 is 4.90 Å². The maximum atomic E-state index is 13.9. The summed E-state index contributed by atoms with van der Waals surface area (Å²) in [5, 5.41) is 0. The third-order valence-corrected chi connectivity index (χ3v) is 6.96. The van der Waals surface area contributed by atoms with Crippen molar-refractivity contribution in [2.75, 3.05) is 26.2 Å². The molecule has 1 amide bonds. The van der Waals surface area contributed by atoms with E-state index in [1.54, 1.807) is 0 Å². The lowest BCUT2D eigenvalue weighted by molar-refractivity contribution is -0.131. The lowest BCUT2D eigenvalue weighted by atomic mass is 10.1. The van der Waals surface area contributed by atoms with Gasteiger partial charge in [-0.3, -0.25) is 4.79 Å². The molecule has 0 bridgehead atoms. The predicted molar refractivity (Wildman–Crippen MR) is 99.5 cm³/mol. The van der Waals surface area contributed by atoms with Crippen molar-refractivity contribution in [3.63, 3.8) is 0 Å². The van der Waals surface area contributed by atoms with E-state index in [0.29, 0.717) is 11.6 Å². The van der Waals surface area contributed by atoms with Crippen LogP contribution in [0.2, 0.25) is 0 Å². The molecule has 1 heterocycles. The van der Waals surface area contributed by atoms with Crippen molar-refractivity contribution in [3.8, 4) is 0 Å². The third kappa shape index (κ3) is 4.39. The van der Waals surface area contributed by atoms with Crippen molar-refractivity contribution in [3.05, 3.63) is 63.9 Å². The molecule has 0 aliphatic carbocycles. The highest BCUT2D eigenvalue weighted by Gasteiger charge is 2.32. The molecule has 3 rings (SSSR count). The summed E-state index contributed by atoms with van der Waals surface area (Å²) in [6.07, 6.45) is 0.0458. The first-order valence-corrected chi connectivity index (χ1v) is 10.6. The van der Waals surface area contributed by atoms with E-state index in [0.717, 1.165) is 16.4 Å². The van der Waals surface area contributed by atoms with Crippen LogP contribution in [0.4, 0.5) is 13.2 Å². The first-order chi connectivity index (χ1) is 13.2. The molecule has 0 atom stereocenters. The van der Waals surface area contributed by atoms with Crippen LogP contribution < -0.4 is 0 Å². The second-order valence-corrected chi connectivity index (χ2v) is 9.05. The summed E-state index contributed by atoms with van der Waals surface area (Å²) < 4.78 is 66.9. The van der Waals surface area contributed by atoms with E-state index in [1.165, 1.54) is 23.1 Å². The van der Waals surface area contributed by atoms with Crippen LogP contribution in [0, 0.1) is 17.5 Å². The number of sulfonamides is 1. The molecule has 0 radical (unpaired) electrons. The van der Waals surface area contributed by atoms with Gasteiger partial charge in [0.05, 0.1) is 10.9 Å². The molecule has 28 heavy (non-hydrogen) atoms. The Morgan fingerprint density at radius 2 is 1.61 bits per heavy atom. The zero-order chi connectivity index (χ0) is 20.5. The zero-order valence-electron chi connectivity index (χ0n) is 14.5. The minimum atomic E-state index is -4.20. The standard InChI is InChI=1S/C18H16BrF3N2O3S/c19-14-9-12(1-3-15(14)21)10-18(25)23-5-7-24(8-6-23)28(26,27)17-11-13(20)2-4-16(17)22/h1-4,9,11H,5-8,10H2. The fraction of sp³-hybridized carbons (Fsp3) is 0.278. The van der Waals surface area contributed by atoms with E-state index < -0.39 is 32.4 Å². The van der Waals surface area contributed by atoms with Crippen LogP contribution in [0.25, 0.3) is 0 Å². The third-order valence-electron chi connectivity index (χ3n) is 4.44. The first-order valence-electron chi connectivity index (χ1n) is 8.35. The Morgan fingerprint density at radius 1 is 0.964 bits per heavy atom. The SMILES string of the molecule is O=C(Cc1ccc(F)c(Br)c1)N1CCN(S(=O)(=O)c2cc(F)ccc2F)CC1. The summed E-state index contributed by atoms with van der Waals surface area (Å²) in [5.74, 6) is -2.53. The smallest absolute Gasteiger partial charge is 0.246 e. The van der Waals surface area contributed by atoms with Gasteiger partial charge in [-0.15, -0.1) is 0 Å². The van der Waals surface area contributed by atoms with Crippen LogP contribution in [0.5, 0.6) is 0 Å². The lowest BCUT2D eigenvalue weighted by Gasteiger charge is -2.34. The molecular formula is C18H16BrF3N2O3S. The van der Waals surface area contributed by atoms with E-state index in [9.17, 15) is 26.4 Å². The van der Waals surface area contributed by atoms with Crippen molar-refractivity contribution in [1.29, 1.82) is 0 Å². The highest BCUT2D eigenvalue weighted by Crippen LogP contribution is 2.22. The molecule has 1 aliphatic rings. The molecule has 0 saturated carbocycles. The van der Waals surface area contributed by atoms with E-state index in [-0.39, 0.29) is 43.0 Å². The number of rotatable bonds is 4. The van der Waals surface area contributed by atoms with Gasteiger partial charge in [0.25, 0.3) is 0 Å². The highest BCUT2D eigenvalue weighted by molar-refractivity contribution is 9.10. The lowest BCUT2D eigenvalue weighted by Crippen LogP contribution is -2.51. The van der Waals surface area contributed by atoms with Crippen molar-refractivity contribution in [1.82, 2.24) is 9.21 Å². The van der Waals surface area contributed by atoms with Gasteiger partial charge in [0.15, 0.2) is 0 Å². The number of carbonyl (C=O) groups excluding carboxylic acids is 1. The Morgan fingerprint density at radius 3 is 2.25 bits per heavy atom. The van der Waals surface area contributed by atoms with Crippen LogP contribution in [0.1, 0.15) is 5.56 Å². The topological polar surface area (TPSA) is 57.7 Å². The maximum Gasteiger partial charge on any atom is 0.246 e. The van der Waals surface area contributed by atoms with Gasteiger partial charge in [-0.05, 0) is 51.8 Å². The summed E-state index contributed by atoms with van der Waals surface area (Å²) in [4.78, 5) is 13.2. The largest absolute Gasteiger partial charge is 0.340 e. The average Bonchev–Trinajstić information content (AvgIpc) is 2.66. The molecular weight excluding hydrogens is 461 g/mol.